The Labute approximate surface area is 351 Å². The van der Waals surface area contributed by atoms with Gasteiger partial charge in [0.1, 0.15) is 13.2 Å². The molecule has 0 aromatic rings. The zero-order chi connectivity index (χ0) is 42.1. The fraction of sp³-hybridized carbons (Fsp3) is 0.771. The molecule has 0 saturated heterocycles. The number of quaternary nitrogens is 1. The highest BCUT2D eigenvalue weighted by molar-refractivity contribution is 7.45. The van der Waals surface area contributed by atoms with Crippen LogP contribution >= 0.6 is 7.82 Å². The molecular formula is C48H89N2O6P. The van der Waals surface area contributed by atoms with Crippen LogP contribution in [0.4, 0.5) is 0 Å². The number of nitrogens with zero attached hydrogens (tertiary/aromatic N) is 1. The average molecular weight is 821 g/mol. The van der Waals surface area contributed by atoms with E-state index in [2.05, 4.69) is 67.8 Å². The number of nitrogens with one attached hydrogen (secondary N) is 1. The van der Waals surface area contributed by atoms with Gasteiger partial charge in [-0.3, -0.25) is 9.36 Å². The van der Waals surface area contributed by atoms with E-state index in [4.69, 9.17) is 9.05 Å². The van der Waals surface area contributed by atoms with E-state index >= 15 is 0 Å². The minimum Gasteiger partial charge on any atom is -0.756 e. The minimum atomic E-state index is -4.60. The standard InChI is InChI=1S/C48H89N2O6P/c1-6-8-10-12-14-16-18-20-22-23-24-25-26-27-28-30-32-34-36-38-40-42-48(52)49-46(45-56-57(53,54)55-44-43-50(3,4)5)47(51)41-39-37-35-33-31-29-21-19-17-15-13-11-9-7-2/h8,10,14,16-17,19,31,33,39,41,46-47,51H,6-7,9,11-13,15,18,20-30,32,34-38,40,42-45H2,1-5H3,(H-,49,52,53,54)/b10-8-,16-14-,19-17+,33-31+,41-39+. The predicted molar refractivity (Wildman–Crippen MR) is 242 cm³/mol. The third-order valence-corrected chi connectivity index (χ3v) is 10.9. The van der Waals surface area contributed by atoms with Crippen molar-refractivity contribution in [3.63, 3.8) is 0 Å². The summed E-state index contributed by atoms with van der Waals surface area (Å²) in [5, 5.41) is 13.8. The van der Waals surface area contributed by atoms with E-state index in [-0.39, 0.29) is 12.5 Å². The van der Waals surface area contributed by atoms with Crippen molar-refractivity contribution < 1.29 is 32.9 Å². The molecule has 9 heteroatoms. The van der Waals surface area contributed by atoms with Crippen LogP contribution in [-0.2, 0) is 18.4 Å². The van der Waals surface area contributed by atoms with Crippen molar-refractivity contribution in [3.8, 4) is 0 Å². The van der Waals surface area contributed by atoms with Crippen LogP contribution in [0.25, 0.3) is 0 Å². The maximum atomic E-state index is 12.9. The zero-order valence-corrected chi connectivity index (χ0v) is 38.4. The summed E-state index contributed by atoms with van der Waals surface area (Å²) in [7, 11) is 1.23. The van der Waals surface area contributed by atoms with Gasteiger partial charge in [-0.05, 0) is 70.6 Å². The van der Waals surface area contributed by atoms with Crippen LogP contribution in [0.2, 0.25) is 0 Å². The van der Waals surface area contributed by atoms with Crippen LogP contribution in [-0.4, -0.2) is 68.5 Å². The topological polar surface area (TPSA) is 108 Å². The highest BCUT2D eigenvalue weighted by Gasteiger charge is 2.23. The Bertz CT molecular complexity index is 1110. The molecule has 0 heterocycles. The van der Waals surface area contributed by atoms with Crippen molar-refractivity contribution in [3.05, 3.63) is 60.8 Å². The molecule has 0 radical (unpaired) electrons. The third kappa shape index (κ3) is 42.1. The Kier molecular flexibility index (Phi) is 38.4. The average Bonchev–Trinajstić information content (AvgIpc) is 3.16. The fourth-order valence-electron chi connectivity index (χ4n) is 6.28. The first-order valence-electron chi connectivity index (χ1n) is 23.2. The lowest BCUT2D eigenvalue weighted by atomic mass is 10.0. The van der Waals surface area contributed by atoms with Crippen molar-refractivity contribution in [1.29, 1.82) is 0 Å². The van der Waals surface area contributed by atoms with Crippen LogP contribution in [0.3, 0.4) is 0 Å². The number of phosphoric acid groups is 1. The molecule has 3 atom stereocenters. The fourth-order valence-corrected chi connectivity index (χ4v) is 7.00. The van der Waals surface area contributed by atoms with Gasteiger partial charge in [0.15, 0.2) is 0 Å². The quantitative estimate of drug-likeness (QED) is 0.0275. The Morgan fingerprint density at radius 3 is 1.61 bits per heavy atom. The molecule has 57 heavy (non-hydrogen) atoms. The SMILES string of the molecule is CC/C=C\C/C=C\CCCCCCCCCCCCCCCCC(=O)NC(COP(=O)([O-])OCC[N+](C)(C)C)C(O)/C=C/CC/C=C/CC/C=C/CCCCCC. The summed E-state index contributed by atoms with van der Waals surface area (Å²) in [4.78, 5) is 25.3. The number of aliphatic hydroxyl groups excluding tert-OH is 1. The lowest BCUT2D eigenvalue weighted by Gasteiger charge is -2.29. The summed E-state index contributed by atoms with van der Waals surface area (Å²) in [5.74, 6) is -0.215. The molecule has 0 aliphatic rings. The van der Waals surface area contributed by atoms with Gasteiger partial charge >= 0.3 is 0 Å². The summed E-state index contributed by atoms with van der Waals surface area (Å²) in [6.07, 6.45) is 51.3. The Balaban J connectivity index is 4.38. The molecule has 0 aromatic carbocycles. The first-order chi connectivity index (χ1) is 27.5. The second-order valence-corrected chi connectivity index (χ2v) is 18.1. The number of hydrogen-bond acceptors (Lipinski definition) is 6. The van der Waals surface area contributed by atoms with E-state index in [1.807, 2.05) is 27.2 Å². The normalized spacial score (nSPS) is 14.9. The number of rotatable bonds is 41. The highest BCUT2D eigenvalue weighted by atomic mass is 31.2. The molecule has 1 amide bonds. The number of amides is 1. The molecule has 0 aromatic heterocycles. The summed E-state index contributed by atoms with van der Waals surface area (Å²) in [6.45, 7) is 4.48. The monoisotopic (exact) mass is 821 g/mol. The van der Waals surface area contributed by atoms with Gasteiger partial charge in [0.25, 0.3) is 7.82 Å². The molecule has 332 valence electrons. The summed E-state index contributed by atoms with van der Waals surface area (Å²) >= 11 is 0. The maximum Gasteiger partial charge on any atom is 0.268 e. The number of phosphoric ester groups is 1. The van der Waals surface area contributed by atoms with Crippen molar-refractivity contribution in [1.82, 2.24) is 5.32 Å². The van der Waals surface area contributed by atoms with Gasteiger partial charge in [-0.2, -0.15) is 0 Å². The van der Waals surface area contributed by atoms with Crippen molar-refractivity contribution in [2.24, 2.45) is 0 Å². The Morgan fingerprint density at radius 2 is 1.09 bits per heavy atom. The molecule has 8 nitrogen and oxygen atoms in total. The molecular weight excluding hydrogens is 732 g/mol. The molecule has 3 unspecified atom stereocenters. The molecule has 0 bridgehead atoms. The van der Waals surface area contributed by atoms with Gasteiger partial charge < -0.3 is 28.8 Å². The van der Waals surface area contributed by atoms with Crippen molar-refractivity contribution in [2.75, 3.05) is 40.9 Å². The summed E-state index contributed by atoms with van der Waals surface area (Å²) in [6, 6.07) is -0.910. The number of allylic oxidation sites excluding steroid dienone is 9. The van der Waals surface area contributed by atoms with Gasteiger partial charge in [-0.25, -0.2) is 0 Å². The van der Waals surface area contributed by atoms with E-state index in [0.29, 0.717) is 17.4 Å². The minimum absolute atomic E-state index is 0.0106. The van der Waals surface area contributed by atoms with Crippen molar-refractivity contribution in [2.45, 2.75) is 199 Å². The van der Waals surface area contributed by atoms with E-state index < -0.39 is 26.6 Å². The number of likely N-dealkylation sites (N-methyl/N-ethyl adjacent to an activating group) is 1. The smallest absolute Gasteiger partial charge is 0.268 e. The number of carbonyl (C=O) groups excluding carboxylic acids is 1. The van der Waals surface area contributed by atoms with Crippen molar-refractivity contribution >= 4 is 13.7 Å². The first-order valence-corrected chi connectivity index (χ1v) is 24.6. The molecule has 2 N–H and O–H groups in total. The van der Waals surface area contributed by atoms with Crippen LogP contribution in [0.5, 0.6) is 0 Å². The number of unbranched alkanes of at least 4 members (excludes halogenated alkanes) is 20. The van der Waals surface area contributed by atoms with Gasteiger partial charge in [-0.1, -0.05) is 171 Å². The summed E-state index contributed by atoms with van der Waals surface area (Å²) < 4.78 is 23.2. The largest absolute Gasteiger partial charge is 0.756 e. The lowest BCUT2D eigenvalue weighted by molar-refractivity contribution is -0.870. The van der Waals surface area contributed by atoms with Crippen LogP contribution in [0.15, 0.2) is 60.8 Å². The van der Waals surface area contributed by atoms with E-state index in [1.165, 1.54) is 103 Å². The van der Waals surface area contributed by atoms with Crippen LogP contribution in [0.1, 0.15) is 187 Å². The summed E-state index contributed by atoms with van der Waals surface area (Å²) in [5.41, 5.74) is 0. The van der Waals surface area contributed by atoms with E-state index in [9.17, 15) is 19.4 Å². The molecule has 0 aliphatic heterocycles. The van der Waals surface area contributed by atoms with Gasteiger partial charge in [0, 0.05) is 6.42 Å². The lowest BCUT2D eigenvalue weighted by Crippen LogP contribution is -2.45. The van der Waals surface area contributed by atoms with Gasteiger partial charge in [-0.15, -0.1) is 0 Å². The van der Waals surface area contributed by atoms with E-state index in [1.54, 1.807) is 6.08 Å². The second kappa shape index (κ2) is 39.6. The number of carbonyl (C=O) groups is 1. The van der Waals surface area contributed by atoms with Gasteiger partial charge in [0.05, 0.1) is 39.9 Å². The molecule has 0 spiro atoms. The molecule has 0 fully saturated rings. The first kappa shape index (κ1) is 55.2. The Hall–Kier alpha value is -1.80. The molecule has 0 saturated carbocycles. The molecule has 0 rings (SSSR count). The maximum absolute atomic E-state index is 12.9. The predicted octanol–water partition coefficient (Wildman–Crippen LogP) is 12.4. The highest BCUT2D eigenvalue weighted by Crippen LogP contribution is 2.38. The van der Waals surface area contributed by atoms with Gasteiger partial charge in [0.2, 0.25) is 5.91 Å². The Morgan fingerprint density at radius 1 is 0.632 bits per heavy atom. The van der Waals surface area contributed by atoms with Crippen LogP contribution < -0.4 is 10.2 Å². The number of aliphatic hydroxyl groups is 1. The zero-order valence-electron chi connectivity index (χ0n) is 37.5. The molecule has 0 aliphatic carbocycles. The van der Waals surface area contributed by atoms with Crippen LogP contribution in [0, 0.1) is 0 Å². The second-order valence-electron chi connectivity index (χ2n) is 16.7. The third-order valence-electron chi connectivity index (χ3n) is 9.94. The van der Waals surface area contributed by atoms with E-state index in [0.717, 1.165) is 64.2 Å². The number of hydrogen-bond donors (Lipinski definition) is 2.